The van der Waals surface area contributed by atoms with Crippen molar-refractivity contribution >= 4 is 17.3 Å². The highest BCUT2D eigenvalue weighted by Gasteiger charge is 2.10. The summed E-state index contributed by atoms with van der Waals surface area (Å²) in [5.41, 5.74) is 0. The van der Waals surface area contributed by atoms with E-state index in [4.69, 9.17) is 4.74 Å². The Hall–Kier alpha value is -0.980. The summed E-state index contributed by atoms with van der Waals surface area (Å²) in [7, 11) is 3.07. The quantitative estimate of drug-likeness (QED) is 0.655. The molecular formula is C11H18N2O3S. The van der Waals surface area contributed by atoms with Gasteiger partial charge in [0.1, 0.15) is 5.01 Å². The fraction of sp³-hybridized carbons (Fsp3) is 0.636. The van der Waals surface area contributed by atoms with Crippen LogP contribution in [0.5, 0.6) is 0 Å². The highest BCUT2D eigenvalue weighted by molar-refractivity contribution is 7.09. The number of esters is 1. The number of carbonyl (C=O) groups is 1. The van der Waals surface area contributed by atoms with E-state index in [0.29, 0.717) is 19.6 Å². The molecule has 1 aromatic heterocycles. The maximum absolute atomic E-state index is 11.1. The predicted molar refractivity (Wildman–Crippen MR) is 65.9 cm³/mol. The van der Waals surface area contributed by atoms with Crippen LogP contribution in [0.4, 0.5) is 0 Å². The summed E-state index contributed by atoms with van der Waals surface area (Å²) in [6.45, 7) is 2.84. The van der Waals surface area contributed by atoms with E-state index in [2.05, 4.69) is 14.6 Å². The van der Waals surface area contributed by atoms with Crippen LogP contribution in [0.15, 0.2) is 11.6 Å². The van der Waals surface area contributed by atoms with Crippen LogP contribution in [0.3, 0.4) is 0 Å². The van der Waals surface area contributed by atoms with Crippen LogP contribution in [0, 0.1) is 0 Å². The van der Waals surface area contributed by atoms with E-state index in [9.17, 15) is 4.79 Å². The van der Waals surface area contributed by atoms with Crippen LogP contribution >= 0.6 is 11.3 Å². The van der Waals surface area contributed by atoms with Gasteiger partial charge < -0.3 is 9.47 Å². The van der Waals surface area contributed by atoms with E-state index >= 15 is 0 Å². The first-order valence-corrected chi connectivity index (χ1v) is 6.30. The second-order valence-corrected chi connectivity index (χ2v) is 4.50. The number of carbonyl (C=O) groups excluding carboxylic acids is 1. The van der Waals surface area contributed by atoms with Gasteiger partial charge in [-0.1, -0.05) is 0 Å². The molecule has 0 N–H and O–H groups in total. The molecule has 5 nitrogen and oxygen atoms in total. The summed E-state index contributed by atoms with van der Waals surface area (Å²) >= 11 is 1.61. The van der Waals surface area contributed by atoms with Gasteiger partial charge in [0.15, 0.2) is 0 Å². The molecule has 1 rings (SSSR count). The van der Waals surface area contributed by atoms with Crippen molar-refractivity contribution in [1.29, 1.82) is 0 Å². The van der Waals surface area contributed by atoms with Crippen molar-refractivity contribution in [2.24, 2.45) is 0 Å². The Bertz CT molecular complexity index is 317. The summed E-state index contributed by atoms with van der Waals surface area (Å²) in [5, 5.41) is 3.00. The van der Waals surface area contributed by atoms with Crippen LogP contribution in [-0.2, 0) is 20.8 Å². The number of hydrogen-bond donors (Lipinski definition) is 0. The van der Waals surface area contributed by atoms with Gasteiger partial charge in [-0.05, 0) is 0 Å². The van der Waals surface area contributed by atoms with Gasteiger partial charge in [-0.3, -0.25) is 9.69 Å². The van der Waals surface area contributed by atoms with Crippen molar-refractivity contribution in [2.45, 2.75) is 13.0 Å². The van der Waals surface area contributed by atoms with Crippen molar-refractivity contribution in [1.82, 2.24) is 9.88 Å². The topological polar surface area (TPSA) is 51.7 Å². The van der Waals surface area contributed by atoms with Gasteiger partial charge >= 0.3 is 5.97 Å². The summed E-state index contributed by atoms with van der Waals surface area (Å²) < 4.78 is 9.68. The molecule has 0 spiro atoms. The maximum atomic E-state index is 11.1. The Morgan fingerprint density at radius 2 is 2.29 bits per heavy atom. The molecule has 17 heavy (non-hydrogen) atoms. The fourth-order valence-corrected chi connectivity index (χ4v) is 2.02. The first-order valence-electron chi connectivity index (χ1n) is 5.42. The molecule has 96 valence electrons. The molecule has 0 aromatic carbocycles. The predicted octanol–water partition coefficient (Wildman–Crippen LogP) is 1.15. The number of aromatic nitrogens is 1. The second kappa shape index (κ2) is 8.16. The van der Waals surface area contributed by atoms with Crippen LogP contribution in [-0.4, -0.2) is 49.8 Å². The van der Waals surface area contributed by atoms with Crippen LogP contribution in [0.2, 0.25) is 0 Å². The Morgan fingerprint density at radius 3 is 2.88 bits per heavy atom. The number of methoxy groups -OCH3 is 2. The smallest absolute Gasteiger partial charge is 0.306 e. The van der Waals surface area contributed by atoms with Gasteiger partial charge in [0.05, 0.1) is 26.7 Å². The van der Waals surface area contributed by atoms with E-state index < -0.39 is 0 Å². The van der Waals surface area contributed by atoms with Gasteiger partial charge in [0.2, 0.25) is 0 Å². The van der Waals surface area contributed by atoms with Gasteiger partial charge in [-0.15, -0.1) is 11.3 Å². The highest BCUT2D eigenvalue weighted by Crippen LogP contribution is 2.08. The van der Waals surface area contributed by atoms with Gasteiger partial charge in [-0.2, -0.15) is 0 Å². The van der Waals surface area contributed by atoms with Crippen molar-refractivity contribution in [3.63, 3.8) is 0 Å². The minimum atomic E-state index is -0.188. The number of thiazole rings is 1. The van der Waals surface area contributed by atoms with Crippen LogP contribution < -0.4 is 0 Å². The summed E-state index contributed by atoms with van der Waals surface area (Å²) in [5.74, 6) is -0.188. The van der Waals surface area contributed by atoms with E-state index in [-0.39, 0.29) is 5.97 Å². The third kappa shape index (κ3) is 5.76. The van der Waals surface area contributed by atoms with Crippen molar-refractivity contribution in [3.8, 4) is 0 Å². The molecule has 0 aliphatic carbocycles. The molecule has 0 unspecified atom stereocenters. The molecule has 1 aromatic rings. The molecule has 1 heterocycles. The SMILES string of the molecule is COCCN(CCC(=O)OC)Cc1nccs1. The zero-order valence-electron chi connectivity index (χ0n) is 10.2. The van der Waals surface area contributed by atoms with E-state index in [1.807, 2.05) is 5.38 Å². The second-order valence-electron chi connectivity index (χ2n) is 3.52. The standard InChI is InChI=1S/C11H18N2O3S/c1-15-7-6-13(5-3-11(14)16-2)9-10-12-4-8-17-10/h4,8H,3,5-7,9H2,1-2H3. The zero-order chi connectivity index (χ0) is 12.5. The number of hydrogen-bond acceptors (Lipinski definition) is 6. The Labute approximate surface area is 105 Å². The largest absolute Gasteiger partial charge is 0.469 e. The van der Waals surface area contributed by atoms with Crippen LogP contribution in [0.25, 0.3) is 0 Å². The number of rotatable bonds is 8. The van der Waals surface area contributed by atoms with E-state index in [1.54, 1.807) is 24.6 Å². The average Bonchev–Trinajstić information content (AvgIpc) is 2.84. The van der Waals surface area contributed by atoms with Crippen molar-refractivity contribution in [3.05, 3.63) is 16.6 Å². The van der Waals surface area contributed by atoms with Gasteiger partial charge in [0, 0.05) is 31.8 Å². The summed E-state index contributed by atoms with van der Waals surface area (Å²) in [4.78, 5) is 17.5. The monoisotopic (exact) mass is 258 g/mol. The van der Waals surface area contributed by atoms with Gasteiger partial charge in [0.25, 0.3) is 0 Å². The first kappa shape index (κ1) is 14.1. The number of ether oxygens (including phenoxy) is 2. The molecule has 0 fully saturated rings. The molecule has 0 saturated carbocycles. The molecule has 0 amide bonds. The molecular weight excluding hydrogens is 240 g/mol. The maximum Gasteiger partial charge on any atom is 0.306 e. The lowest BCUT2D eigenvalue weighted by Gasteiger charge is -2.19. The molecule has 0 radical (unpaired) electrons. The minimum absolute atomic E-state index is 0.188. The molecule has 0 aliphatic heterocycles. The molecule has 0 saturated heterocycles. The lowest BCUT2D eigenvalue weighted by atomic mass is 10.3. The third-order valence-electron chi connectivity index (χ3n) is 2.31. The lowest BCUT2D eigenvalue weighted by molar-refractivity contribution is -0.141. The zero-order valence-corrected chi connectivity index (χ0v) is 11.0. The third-order valence-corrected chi connectivity index (χ3v) is 3.08. The van der Waals surface area contributed by atoms with Crippen molar-refractivity contribution in [2.75, 3.05) is 33.9 Å². The lowest BCUT2D eigenvalue weighted by Crippen LogP contribution is -2.29. The Kier molecular flexibility index (Phi) is 6.76. The Balaban J connectivity index is 2.39. The van der Waals surface area contributed by atoms with E-state index in [1.165, 1.54) is 7.11 Å². The Morgan fingerprint density at radius 1 is 1.47 bits per heavy atom. The van der Waals surface area contributed by atoms with E-state index in [0.717, 1.165) is 18.1 Å². The molecule has 0 aliphatic rings. The summed E-state index contributed by atoms with van der Waals surface area (Å²) in [6.07, 6.45) is 2.18. The van der Waals surface area contributed by atoms with Crippen molar-refractivity contribution < 1.29 is 14.3 Å². The average molecular weight is 258 g/mol. The van der Waals surface area contributed by atoms with Gasteiger partial charge in [-0.25, -0.2) is 4.98 Å². The first-order chi connectivity index (χ1) is 8.26. The molecule has 0 atom stereocenters. The number of nitrogens with zero attached hydrogens (tertiary/aromatic N) is 2. The normalized spacial score (nSPS) is 10.8. The highest BCUT2D eigenvalue weighted by atomic mass is 32.1. The fourth-order valence-electron chi connectivity index (χ4n) is 1.36. The molecule has 6 heteroatoms. The minimum Gasteiger partial charge on any atom is -0.469 e. The molecule has 0 bridgehead atoms. The van der Waals surface area contributed by atoms with Crippen LogP contribution in [0.1, 0.15) is 11.4 Å². The summed E-state index contributed by atoms with van der Waals surface area (Å²) in [6, 6.07) is 0.